The number of nitrogens with zero attached hydrogens (tertiary/aromatic N) is 1. The molecular weight excluding hydrogens is 382 g/mol. The maximum atomic E-state index is 12.2. The van der Waals surface area contributed by atoms with E-state index in [1.54, 1.807) is 30.3 Å². The molecule has 0 aliphatic rings. The average molecular weight is 407 g/mol. The molecule has 0 radical (unpaired) electrons. The maximum Gasteiger partial charge on any atom is 0.262 e. The fourth-order valence-corrected chi connectivity index (χ4v) is 2.47. The van der Waals surface area contributed by atoms with Crippen LogP contribution in [0.1, 0.15) is 25.8 Å². The Kier molecular flexibility index (Phi) is 8.45. The van der Waals surface area contributed by atoms with Crippen molar-refractivity contribution in [1.82, 2.24) is 5.32 Å². The number of methoxy groups -OCH3 is 1. The Balaban J connectivity index is 2.07. The van der Waals surface area contributed by atoms with E-state index in [1.165, 1.54) is 13.2 Å². The number of carbonyl (C=O) groups excluding carboxylic acids is 2. The smallest absolute Gasteiger partial charge is 0.262 e. The highest BCUT2D eigenvalue weighted by molar-refractivity contribution is 6.01. The summed E-state index contributed by atoms with van der Waals surface area (Å²) in [5.41, 5.74) is 1.27. The third kappa shape index (κ3) is 6.67. The lowest BCUT2D eigenvalue weighted by molar-refractivity contribution is -0.118. The third-order valence-corrected chi connectivity index (χ3v) is 4.27. The van der Waals surface area contributed by atoms with Crippen molar-refractivity contribution in [3.63, 3.8) is 0 Å². The van der Waals surface area contributed by atoms with E-state index in [-0.39, 0.29) is 24.1 Å². The van der Waals surface area contributed by atoms with Gasteiger partial charge >= 0.3 is 0 Å². The quantitative estimate of drug-likeness (QED) is 0.489. The number of anilines is 1. The molecule has 156 valence electrons. The van der Waals surface area contributed by atoms with Crippen LogP contribution in [0.2, 0.25) is 0 Å². The van der Waals surface area contributed by atoms with Crippen LogP contribution in [-0.4, -0.2) is 31.6 Å². The molecule has 0 fully saturated rings. The van der Waals surface area contributed by atoms with Crippen LogP contribution in [0.15, 0.2) is 54.1 Å². The van der Waals surface area contributed by atoms with Crippen LogP contribution in [0.5, 0.6) is 11.5 Å². The molecule has 0 aromatic heterocycles. The first-order chi connectivity index (χ1) is 14.5. The van der Waals surface area contributed by atoms with Crippen LogP contribution in [0.4, 0.5) is 5.69 Å². The summed E-state index contributed by atoms with van der Waals surface area (Å²) in [7, 11) is 1.47. The Bertz CT molecular complexity index is 949. The summed E-state index contributed by atoms with van der Waals surface area (Å²) < 4.78 is 10.9. The van der Waals surface area contributed by atoms with Gasteiger partial charge in [0.15, 0.2) is 18.1 Å². The summed E-state index contributed by atoms with van der Waals surface area (Å²) in [6.45, 7) is 3.63. The summed E-state index contributed by atoms with van der Waals surface area (Å²) >= 11 is 0. The molecule has 2 rings (SSSR count). The zero-order chi connectivity index (χ0) is 21.9. The van der Waals surface area contributed by atoms with Gasteiger partial charge in [0.05, 0.1) is 7.11 Å². The zero-order valence-corrected chi connectivity index (χ0v) is 17.3. The van der Waals surface area contributed by atoms with Crippen molar-refractivity contribution >= 4 is 23.6 Å². The van der Waals surface area contributed by atoms with Crippen molar-refractivity contribution < 1.29 is 19.1 Å². The Hall–Kier alpha value is -3.79. The Morgan fingerprint density at radius 2 is 1.90 bits per heavy atom. The number of benzene rings is 2. The van der Waals surface area contributed by atoms with Gasteiger partial charge in [0.1, 0.15) is 11.6 Å². The molecule has 2 amide bonds. The number of nitriles is 1. The molecule has 7 heteroatoms. The first-order valence-corrected chi connectivity index (χ1v) is 9.55. The van der Waals surface area contributed by atoms with Gasteiger partial charge in [0, 0.05) is 11.7 Å². The standard InChI is InChI=1S/C23H25N3O4/c1-4-16(2)25-23(28)18(14-24)12-17-10-11-20(21(13-17)29-3)30-15-22(27)26-19-8-6-5-7-9-19/h5-13,16H,4,15H2,1-3H3,(H,25,28)(H,26,27)/b18-12+/t16-/m1/s1. The highest BCUT2D eigenvalue weighted by Crippen LogP contribution is 2.29. The summed E-state index contributed by atoms with van der Waals surface area (Å²) in [5.74, 6) is 0.0285. The number of rotatable bonds is 9. The van der Waals surface area contributed by atoms with Crippen LogP contribution in [-0.2, 0) is 9.59 Å². The molecule has 2 aromatic carbocycles. The second-order valence-corrected chi connectivity index (χ2v) is 6.57. The van der Waals surface area contributed by atoms with E-state index < -0.39 is 5.91 Å². The molecule has 2 N–H and O–H groups in total. The maximum absolute atomic E-state index is 12.2. The Labute approximate surface area is 176 Å². The minimum absolute atomic E-state index is 0.00624. The topological polar surface area (TPSA) is 100 Å². The third-order valence-electron chi connectivity index (χ3n) is 4.27. The SMILES string of the molecule is CC[C@@H](C)NC(=O)/C(C#N)=C/c1ccc(OCC(=O)Nc2ccccc2)c(OC)c1. The van der Waals surface area contributed by atoms with Gasteiger partial charge < -0.3 is 20.1 Å². The predicted molar refractivity (Wildman–Crippen MR) is 115 cm³/mol. The predicted octanol–water partition coefficient (Wildman–Crippen LogP) is 3.53. The molecule has 7 nitrogen and oxygen atoms in total. The van der Waals surface area contributed by atoms with Crippen molar-refractivity contribution in [3.05, 3.63) is 59.7 Å². The monoisotopic (exact) mass is 407 g/mol. The van der Waals surface area contributed by atoms with Gasteiger partial charge in [0.2, 0.25) is 0 Å². The Morgan fingerprint density at radius 1 is 1.17 bits per heavy atom. The van der Waals surface area contributed by atoms with Crippen LogP contribution in [0, 0.1) is 11.3 Å². The number of hydrogen-bond donors (Lipinski definition) is 2. The largest absolute Gasteiger partial charge is 0.493 e. The summed E-state index contributed by atoms with van der Waals surface area (Å²) in [6, 6.07) is 15.9. The van der Waals surface area contributed by atoms with E-state index in [9.17, 15) is 14.9 Å². The molecule has 2 aromatic rings. The van der Waals surface area contributed by atoms with Crippen molar-refractivity contribution in [2.75, 3.05) is 19.0 Å². The molecule has 0 aliphatic carbocycles. The van der Waals surface area contributed by atoms with E-state index in [0.717, 1.165) is 6.42 Å². The fraction of sp³-hybridized carbons (Fsp3) is 0.261. The van der Waals surface area contributed by atoms with Gasteiger partial charge in [-0.3, -0.25) is 9.59 Å². The van der Waals surface area contributed by atoms with Crippen LogP contribution < -0.4 is 20.1 Å². The molecule has 30 heavy (non-hydrogen) atoms. The van der Waals surface area contributed by atoms with Crippen molar-refractivity contribution in [2.45, 2.75) is 26.3 Å². The van der Waals surface area contributed by atoms with Crippen molar-refractivity contribution in [2.24, 2.45) is 0 Å². The number of hydrogen-bond acceptors (Lipinski definition) is 5. The highest BCUT2D eigenvalue weighted by atomic mass is 16.5. The second-order valence-electron chi connectivity index (χ2n) is 6.57. The normalized spacial score (nSPS) is 11.7. The summed E-state index contributed by atoms with van der Waals surface area (Å²) in [4.78, 5) is 24.3. The van der Waals surface area contributed by atoms with Gasteiger partial charge in [-0.2, -0.15) is 5.26 Å². The van der Waals surface area contributed by atoms with Crippen LogP contribution >= 0.6 is 0 Å². The summed E-state index contributed by atoms with van der Waals surface area (Å²) in [5, 5.41) is 14.8. The summed E-state index contributed by atoms with van der Waals surface area (Å²) in [6.07, 6.45) is 2.24. The van der Waals surface area contributed by atoms with Crippen molar-refractivity contribution in [1.29, 1.82) is 5.26 Å². The van der Waals surface area contributed by atoms with Gasteiger partial charge in [-0.25, -0.2) is 0 Å². The average Bonchev–Trinajstić information content (AvgIpc) is 2.76. The molecule has 0 saturated carbocycles. The molecule has 0 bridgehead atoms. The lowest BCUT2D eigenvalue weighted by atomic mass is 10.1. The van der Waals surface area contributed by atoms with Gasteiger partial charge in [-0.15, -0.1) is 0 Å². The minimum Gasteiger partial charge on any atom is -0.493 e. The second kappa shape index (κ2) is 11.3. The van der Waals surface area contributed by atoms with E-state index in [0.29, 0.717) is 22.7 Å². The molecule has 0 spiro atoms. The minimum atomic E-state index is -0.427. The fourth-order valence-electron chi connectivity index (χ4n) is 2.47. The number of amides is 2. The van der Waals surface area contributed by atoms with Gasteiger partial charge in [-0.05, 0) is 49.2 Å². The van der Waals surface area contributed by atoms with Gasteiger partial charge in [0.25, 0.3) is 11.8 Å². The lowest BCUT2D eigenvalue weighted by Crippen LogP contribution is -2.32. The highest BCUT2D eigenvalue weighted by Gasteiger charge is 2.13. The Morgan fingerprint density at radius 3 is 2.53 bits per heavy atom. The molecule has 0 heterocycles. The number of nitrogens with one attached hydrogen (secondary N) is 2. The van der Waals surface area contributed by atoms with E-state index >= 15 is 0 Å². The van der Waals surface area contributed by atoms with Crippen LogP contribution in [0.3, 0.4) is 0 Å². The van der Waals surface area contributed by atoms with E-state index in [4.69, 9.17) is 9.47 Å². The lowest BCUT2D eigenvalue weighted by Gasteiger charge is -2.12. The molecule has 1 atom stereocenters. The first-order valence-electron chi connectivity index (χ1n) is 9.55. The number of carbonyl (C=O) groups is 2. The molecule has 0 unspecified atom stereocenters. The van der Waals surface area contributed by atoms with E-state index in [2.05, 4.69) is 10.6 Å². The van der Waals surface area contributed by atoms with Gasteiger partial charge in [-0.1, -0.05) is 31.2 Å². The number of para-hydroxylation sites is 1. The molecule has 0 saturated heterocycles. The van der Waals surface area contributed by atoms with Crippen molar-refractivity contribution in [3.8, 4) is 17.6 Å². The van der Waals surface area contributed by atoms with E-state index in [1.807, 2.05) is 38.1 Å². The first kappa shape index (κ1) is 22.5. The zero-order valence-electron chi connectivity index (χ0n) is 17.3. The van der Waals surface area contributed by atoms with Crippen LogP contribution in [0.25, 0.3) is 6.08 Å². The molecular formula is C23H25N3O4. The number of ether oxygens (including phenoxy) is 2. The molecule has 0 aliphatic heterocycles.